The van der Waals surface area contributed by atoms with Gasteiger partial charge in [0, 0.05) is 13.0 Å². The van der Waals surface area contributed by atoms with Crippen LogP contribution in [0, 0.1) is 5.92 Å². The Morgan fingerprint density at radius 1 is 1.16 bits per heavy atom. The number of benzene rings is 1. The minimum atomic E-state index is -0.746. The number of rotatable bonds is 7. The number of fused-ring (bicyclic) bond motifs is 1. The molecule has 7 nitrogen and oxygen atoms in total. The number of amides is 3. The fourth-order valence-electron chi connectivity index (χ4n) is 2.70. The van der Waals surface area contributed by atoms with Crippen LogP contribution < -0.4 is 5.32 Å². The maximum Gasteiger partial charge on any atom is 0.328 e. The first-order chi connectivity index (χ1) is 11.9. The highest BCUT2D eigenvalue weighted by Gasteiger charge is 2.35. The number of esters is 1. The lowest BCUT2D eigenvalue weighted by Crippen LogP contribution is -2.46. The smallest absolute Gasteiger partial charge is 0.328 e. The predicted octanol–water partition coefficient (Wildman–Crippen LogP) is 1.38. The van der Waals surface area contributed by atoms with Crippen molar-refractivity contribution in [3.63, 3.8) is 0 Å². The molecule has 134 valence electrons. The fourth-order valence-corrected chi connectivity index (χ4v) is 2.70. The second-order valence-corrected chi connectivity index (χ2v) is 6.01. The Hall–Kier alpha value is -2.70. The summed E-state index contributed by atoms with van der Waals surface area (Å²) in [5.74, 6) is -1.81. The zero-order valence-corrected chi connectivity index (χ0v) is 14.6. The van der Waals surface area contributed by atoms with Crippen molar-refractivity contribution in [2.75, 3.05) is 13.7 Å². The molecule has 2 atom stereocenters. The van der Waals surface area contributed by atoms with Crippen LogP contribution in [0.2, 0.25) is 0 Å². The van der Waals surface area contributed by atoms with Gasteiger partial charge in [-0.3, -0.25) is 19.3 Å². The van der Waals surface area contributed by atoms with Crippen LogP contribution in [-0.2, 0) is 14.3 Å². The van der Waals surface area contributed by atoms with Crippen LogP contribution in [0.3, 0.4) is 0 Å². The van der Waals surface area contributed by atoms with E-state index < -0.39 is 29.7 Å². The van der Waals surface area contributed by atoms with Crippen LogP contribution >= 0.6 is 0 Å². The first-order valence-electron chi connectivity index (χ1n) is 8.23. The molecular formula is C18H22N2O5. The average Bonchev–Trinajstić information content (AvgIpc) is 2.87. The number of hydrogen-bond donors (Lipinski definition) is 1. The molecule has 1 aliphatic heterocycles. The maximum atomic E-state index is 12.3. The van der Waals surface area contributed by atoms with Gasteiger partial charge in [-0.2, -0.15) is 0 Å². The topological polar surface area (TPSA) is 92.8 Å². The third kappa shape index (κ3) is 3.87. The van der Waals surface area contributed by atoms with Crippen LogP contribution in [0.15, 0.2) is 24.3 Å². The summed E-state index contributed by atoms with van der Waals surface area (Å²) in [6, 6.07) is 5.81. The van der Waals surface area contributed by atoms with Gasteiger partial charge in [-0.15, -0.1) is 0 Å². The summed E-state index contributed by atoms with van der Waals surface area (Å²) in [6.45, 7) is 3.71. The number of imide groups is 1. The number of methoxy groups -OCH3 is 1. The van der Waals surface area contributed by atoms with E-state index in [2.05, 4.69) is 5.32 Å². The molecule has 1 aromatic rings. The minimum Gasteiger partial charge on any atom is -0.467 e. The summed E-state index contributed by atoms with van der Waals surface area (Å²) in [7, 11) is 1.27. The van der Waals surface area contributed by atoms with Crippen molar-refractivity contribution in [3.8, 4) is 0 Å². The fraction of sp³-hybridized carbons (Fsp3) is 0.444. The van der Waals surface area contributed by atoms with Gasteiger partial charge in [-0.25, -0.2) is 4.79 Å². The minimum absolute atomic E-state index is 0.0351. The number of nitrogens with one attached hydrogen (secondary N) is 1. The molecule has 0 saturated heterocycles. The molecule has 0 aliphatic carbocycles. The van der Waals surface area contributed by atoms with Gasteiger partial charge < -0.3 is 10.1 Å². The lowest BCUT2D eigenvalue weighted by molar-refractivity contribution is -0.146. The Kier molecular flexibility index (Phi) is 5.90. The molecule has 0 bridgehead atoms. The lowest BCUT2D eigenvalue weighted by atomic mass is 9.99. The molecule has 1 N–H and O–H groups in total. The Labute approximate surface area is 146 Å². The maximum absolute atomic E-state index is 12.3. The largest absolute Gasteiger partial charge is 0.467 e. The van der Waals surface area contributed by atoms with Crippen LogP contribution in [0.4, 0.5) is 0 Å². The van der Waals surface area contributed by atoms with E-state index in [0.717, 1.165) is 4.90 Å². The Morgan fingerprint density at radius 3 is 2.20 bits per heavy atom. The van der Waals surface area contributed by atoms with Crippen molar-refractivity contribution in [1.29, 1.82) is 0 Å². The highest BCUT2D eigenvalue weighted by Crippen LogP contribution is 2.22. The normalized spacial score (nSPS) is 15.6. The van der Waals surface area contributed by atoms with E-state index in [1.165, 1.54) is 7.11 Å². The van der Waals surface area contributed by atoms with Gasteiger partial charge in [-0.1, -0.05) is 32.4 Å². The molecule has 0 spiro atoms. The Balaban J connectivity index is 1.97. The van der Waals surface area contributed by atoms with Crippen LogP contribution in [-0.4, -0.2) is 48.3 Å². The Bertz CT molecular complexity index is 665. The van der Waals surface area contributed by atoms with Crippen LogP contribution in [0.1, 0.15) is 47.4 Å². The molecule has 1 aliphatic rings. The number of carbonyl (C=O) groups is 4. The van der Waals surface area contributed by atoms with Gasteiger partial charge in [0.25, 0.3) is 11.8 Å². The number of hydrogen-bond acceptors (Lipinski definition) is 5. The zero-order valence-electron chi connectivity index (χ0n) is 14.6. The van der Waals surface area contributed by atoms with Crippen molar-refractivity contribution in [3.05, 3.63) is 35.4 Å². The van der Waals surface area contributed by atoms with E-state index in [1.54, 1.807) is 24.3 Å². The summed E-state index contributed by atoms with van der Waals surface area (Å²) >= 11 is 0. The van der Waals surface area contributed by atoms with E-state index in [-0.39, 0.29) is 18.9 Å². The number of nitrogens with zero attached hydrogens (tertiary/aromatic N) is 1. The standard InChI is InChI=1S/C18H22N2O5/c1-4-11(2)15(18(24)25-3)19-14(21)9-10-20-16(22)12-7-5-6-8-13(12)17(20)23/h5-8,11,15H,4,9-10H2,1-3H3,(H,19,21)/t11-,15+/m1/s1. The summed E-state index contributed by atoms with van der Waals surface area (Å²) in [6.07, 6.45) is 0.619. The van der Waals surface area contributed by atoms with Gasteiger partial charge in [0.2, 0.25) is 5.91 Å². The van der Waals surface area contributed by atoms with E-state index in [9.17, 15) is 19.2 Å². The molecule has 0 fully saturated rings. The van der Waals surface area contributed by atoms with Crippen molar-refractivity contribution in [1.82, 2.24) is 10.2 Å². The third-order valence-electron chi connectivity index (χ3n) is 4.43. The van der Waals surface area contributed by atoms with Crippen molar-refractivity contribution >= 4 is 23.7 Å². The first kappa shape index (κ1) is 18.6. The molecule has 0 radical (unpaired) electrons. The number of ether oxygens (including phenoxy) is 1. The van der Waals surface area contributed by atoms with Crippen molar-refractivity contribution in [2.45, 2.75) is 32.7 Å². The molecule has 7 heteroatoms. The van der Waals surface area contributed by atoms with Gasteiger partial charge in [0.1, 0.15) is 6.04 Å². The summed E-state index contributed by atoms with van der Waals surface area (Å²) in [5.41, 5.74) is 0.694. The molecule has 25 heavy (non-hydrogen) atoms. The third-order valence-corrected chi connectivity index (χ3v) is 4.43. The quantitative estimate of drug-likeness (QED) is 0.595. The molecule has 2 rings (SSSR count). The van der Waals surface area contributed by atoms with Gasteiger partial charge in [-0.05, 0) is 18.1 Å². The van der Waals surface area contributed by atoms with Crippen LogP contribution in [0.25, 0.3) is 0 Å². The van der Waals surface area contributed by atoms with E-state index >= 15 is 0 Å². The van der Waals surface area contributed by atoms with Crippen molar-refractivity contribution < 1.29 is 23.9 Å². The second-order valence-electron chi connectivity index (χ2n) is 6.01. The highest BCUT2D eigenvalue weighted by molar-refractivity contribution is 6.21. The van der Waals surface area contributed by atoms with E-state index in [1.807, 2.05) is 13.8 Å². The molecule has 1 aromatic carbocycles. The lowest BCUT2D eigenvalue weighted by Gasteiger charge is -2.22. The van der Waals surface area contributed by atoms with Gasteiger partial charge in [0.05, 0.1) is 18.2 Å². The second kappa shape index (κ2) is 7.92. The van der Waals surface area contributed by atoms with E-state index in [4.69, 9.17) is 4.74 Å². The summed E-state index contributed by atoms with van der Waals surface area (Å²) in [4.78, 5) is 49.5. The molecule has 0 saturated carbocycles. The van der Waals surface area contributed by atoms with Gasteiger partial charge in [0.15, 0.2) is 0 Å². The van der Waals surface area contributed by atoms with E-state index in [0.29, 0.717) is 17.5 Å². The van der Waals surface area contributed by atoms with Gasteiger partial charge >= 0.3 is 5.97 Å². The Morgan fingerprint density at radius 2 is 1.72 bits per heavy atom. The summed E-state index contributed by atoms with van der Waals surface area (Å²) < 4.78 is 4.72. The van der Waals surface area contributed by atoms with Crippen LogP contribution in [0.5, 0.6) is 0 Å². The highest BCUT2D eigenvalue weighted by atomic mass is 16.5. The molecule has 0 unspecified atom stereocenters. The summed E-state index contributed by atoms with van der Waals surface area (Å²) in [5, 5.41) is 2.63. The average molecular weight is 346 g/mol. The monoisotopic (exact) mass is 346 g/mol. The molecule has 0 aromatic heterocycles. The predicted molar refractivity (Wildman–Crippen MR) is 89.8 cm³/mol. The van der Waals surface area contributed by atoms with Crippen molar-refractivity contribution in [2.24, 2.45) is 5.92 Å². The molecular weight excluding hydrogens is 324 g/mol. The number of carbonyl (C=O) groups excluding carboxylic acids is 4. The molecule has 3 amide bonds. The SMILES string of the molecule is CC[C@@H](C)[C@H](NC(=O)CCN1C(=O)c2ccccc2C1=O)C(=O)OC. The first-order valence-corrected chi connectivity index (χ1v) is 8.23. The zero-order chi connectivity index (χ0) is 18.6. The molecule has 1 heterocycles.